The largest absolute Gasteiger partial charge is 0.325 e. The number of halogens is 2. The summed E-state index contributed by atoms with van der Waals surface area (Å²) in [5.41, 5.74) is 4.54. The second kappa shape index (κ2) is 13.5. The van der Waals surface area contributed by atoms with E-state index in [1.165, 1.54) is 24.3 Å². The van der Waals surface area contributed by atoms with Gasteiger partial charge in [0, 0.05) is 49.9 Å². The summed E-state index contributed by atoms with van der Waals surface area (Å²) in [6.07, 6.45) is 3.11. The molecular weight excluding hydrogens is 536 g/mol. The Morgan fingerprint density at radius 3 is 2.55 bits per heavy atom. The van der Waals surface area contributed by atoms with Crippen molar-refractivity contribution in [2.24, 2.45) is 4.99 Å². The number of allylic oxidation sites excluding steroid dienone is 1. The summed E-state index contributed by atoms with van der Waals surface area (Å²) in [4.78, 5) is 32.6. The van der Waals surface area contributed by atoms with Crippen molar-refractivity contribution in [2.75, 3.05) is 31.5 Å². The van der Waals surface area contributed by atoms with Crippen LogP contribution in [0, 0.1) is 18.6 Å². The summed E-state index contributed by atoms with van der Waals surface area (Å²) in [6.45, 7) is 4.30. The van der Waals surface area contributed by atoms with E-state index in [9.17, 15) is 18.4 Å². The number of para-hydroxylation sites is 1. The third-order valence-electron chi connectivity index (χ3n) is 7.70. The van der Waals surface area contributed by atoms with E-state index in [0.29, 0.717) is 43.7 Å². The van der Waals surface area contributed by atoms with Crippen molar-refractivity contribution in [1.82, 2.24) is 15.5 Å². The van der Waals surface area contributed by atoms with Crippen LogP contribution in [0.15, 0.2) is 89.1 Å². The van der Waals surface area contributed by atoms with Gasteiger partial charge in [-0.2, -0.15) is 0 Å². The van der Waals surface area contributed by atoms with Gasteiger partial charge < -0.3 is 20.9 Å². The van der Waals surface area contributed by atoms with Gasteiger partial charge in [0.15, 0.2) is 0 Å². The molecule has 1 saturated heterocycles. The molecule has 2 heterocycles. The SMILES string of the molecule is Cc1cc(F)cc([C@@H](CC(=O)NC2=C(CC[C@H]3CNCCN3C(=O)Nc3ccccc3)CN=C2)c2ccc(F)cc2)c1. The molecule has 2 atom stereocenters. The fraction of sp³-hybridized carbons (Fsp3) is 0.303. The lowest BCUT2D eigenvalue weighted by Crippen LogP contribution is -2.54. The van der Waals surface area contributed by atoms with E-state index in [-0.39, 0.29) is 36.0 Å². The summed E-state index contributed by atoms with van der Waals surface area (Å²) in [6, 6.07) is 19.9. The number of amides is 3. The first-order valence-electron chi connectivity index (χ1n) is 14.2. The predicted molar refractivity (Wildman–Crippen MR) is 161 cm³/mol. The van der Waals surface area contributed by atoms with Gasteiger partial charge in [-0.05, 0) is 78.4 Å². The number of nitrogens with one attached hydrogen (secondary N) is 3. The van der Waals surface area contributed by atoms with Crippen molar-refractivity contribution >= 4 is 23.8 Å². The van der Waals surface area contributed by atoms with E-state index in [4.69, 9.17) is 0 Å². The maximum atomic E-state index is 14.3. The predicted octanol–water partition coefficient (Wildman–Crippen LogP) is 5.54. The van der Waals surface area contributed by atoms with E-state index in [1.807, 2.05) is 41.3 Å². The van der Waals surface area contributed by atoms with Crippen LogP contribution in [0.4, 0.5) is 19.3 Å². The smallest absolute Gasteiger partial charge is 0.322 e. The standard InChI is InChI=1S/C33H35F2N5O2/c1-22-15-25(17-27(35)16-22)30(23-7-10-26(34)11-8-23)18-32(41)39-31-21-37-19-24(31)9-12-29-20-36-13-14-40(29)33(42)38-28-5-3-2-4-6-28/h2-8,10-11,15-17,21,29-30,36H,9,12-14,18-20H2,1H3,(H,38,42)(H,39,41)/t29-,30-/m0/s1. The zero-order valence-corrected chi connectivity index (χ0v) is 23.6. The molecule has 0 unspecified atom stereocenters. The maximum Gasteiger partial charge on any atom is 0.322 e. The Labute approximate surface area is 244 Å². The van der Waals surface area contributed by atoms with Crippen molar-refractivity contribution in [3.05, 3.63) is 112 Å². The fourth-order valence-electron chi connectivity index (χ4n) is 5.58. The number of urea groups is 1. The van der Waals surface area contributed by atoms with Gasteiger partial charge in [0.05, 0.1) is 12.2 Å². The molecule has 0 spiro atoms. The zero-order valence-electron chi connectivity index (χ0n) is 23.6. The zero-order chi connectivity index (χ0) is 29.5. The van der Waals surface area contributed by atoms with Crippen LogP contribution in [0.5, 0.6) is 0 Å². The highest BCUT2D eigenvalue weighted by Gasteiger charge is 2.28. The van der Waals surface area contributed by atoms with Gasteiger partial charge >= 0.3 is 6.03 Å². The normalized spacial score (nSPS) is 17.3. The topological polar surface area (TPSA) is 85.8 Å². The van der Waals surface area contributed by atoms with Crippen LogP contribution in [0.3, 0.4) is 0 Å². The van der Waals surface area contributed by atoms with Gasteiger partial charge in [0.25, 0.3) is 0 Å². The summed E-state index contributed by atoms with van der Waals surface area (Å²) >= 11 is 0. The van der Waals surface area contributed by atoms with Gasteiger partial charge in [0.2, 0.25) is 5.91 Å². The Kier molecular flexibility index (Phi) is 9.38. The monoisotopic (exact) mass is 571 g/mol. The summed E-state index contributed by atoms with van der Waals surface area (Å²) in [5.74, 6) is -1.45. The minimum atomic E-state index is -0.451. The lowest BCUT2D eigenvalue weighted by atomic mass is 9.87. The first-order valence-corrected chi connectivity index (χ1v) is 14.2. The molecule has 5 rings (SSSR count). The molecule has 0 aliphatic carbocycles. The van der Waals surface area contributed by atoms with Crippen LogP contribution < -0.4 is 16.0 Å². The molecule has 3 aromatic rings. The molecule has 0 aromatic heterocycles. The number of piperazine rings is 1. The van der Waals surface area contributed by atoms with E-state index >= 15 is 0 Å². The highest BCUT2D eigenvalue weighted by Crippen LogP contribution is 2.30. The maximum absolute atomic E-state index is 14.3. The fourth-order valence-corrected chi connectivity index (χ4v) is 5.58. The molecule has 0 bridgehead atoms. The Morgan fingerprint density at radius 1 is 1.00 bits per heavy atom. The number of rotatable bonds is 9. The second-order valence-corrected chi connectivity index (χ2v) is 10.8. The van der Waals surface area contributed by atoms with Crippen LogP contribution in [0.25, 0.3) is 0 Å². The number of nitrogens with zero attached hydrogens (tertiary/aromatic N) is 2. The average molecular weight is 572 g/mol. The van der Waals surface area contributed by atoms with Gasteiger partial charge in [-0.25, -0.2) is 13.6 Å². The van der Waals surface area contributed by atoms with Crippen LogP contribution in [-0.4, -0.2) is 55.3 Å². The number of benzene rings is 3. The molecule has 0 saturated carbocycles. The number of carbonyl (C=O) groups excluding carboxylic acids is 2. The molecule has 2 aliphatic heterocycles. The Morgan fingerprint density at radius 2 is 1.79 bits per heavy atom. The van der Waals surface area contributed by atoms with Crippen molar-refractivity contribution in [2.45, 2.75) is 38.1 Å². The first kappa shape index (κ1) is 29.1. The number of hydrogen-bond acceptors (Lipinski definition) is 4. The van der Waals surface area contributed by atoms with E-state index in [1.54, 1.807) is 25.3 Å². The van der Waals surface area contributed by atoms with E-state index in [2.05, 4.69) is 20.9 Å². The minimum absolute atomic E-state index is 0.00779. The minimum Gasteiger partial charge on any atom is -0.325 e. The van der Waals surface area contributed by atoms with Crippen LogP contribution in [0.2, 0.25) is 0 Å². The van der Waals surface area contributed by atoms with Crippen LogP contribution >= 0.6 is 0 Å². The summed E-state index contributed by atoms with van der Waals surface area (Å²) in [5, 5.41) is 9.37. The lowest BCUT2D eigenvalue weighted by molar-refractivity contribution is -0.120. The number of aryl methyl sites for hydroxylation is 1. The Hall–Kier alpha value is -4.37. The molecule has 3 N–H and O–H groups in total. The molecule has 3 aromatic carbocycles. The van der Waals surface area contributed by atoms with Crippen molar-refractivity contribution < 1.29 is 18.4 Å². The number of carbonyl (C=O) groups is 2. The third kappa shape index (κ3) is 7.47. The molecule has 7 nitrogen and oxygen atoms in total. The molecule has 3 amide bonds. The third-order valence-corrected chi connectivity index (χ3v) is 7.70. The molecule has 2 aliphatic rings. The highest BCUT2D eigenvalue weighted by molar-refractivity contribution is 5.91. The number of anilines is 1. The van der Waals surface area contributed by atoms with Crippen molar-refractivity contribution in [3.63, 3.8) is 0 Å². The van der Waals surface area contributed by atoms with Gasteiger partial charge in [0.1, 0.15) is 11.6 Å². The molecule has 42 heavy (non-hydrogen) atoms. The van der Waals surface area contributed by atoms with Gasteiger partial charge in [-0.3, -0.25) is 9.79 Å². The van der Waals surface area contributed by atoms with Crippen molar-refractivity contribution in [1.29, 1.82) is 0 Å². The Balaban J connectivity index is 1.25. The number of aliphatic imine (C=N–C) groups is 1. The highest BCUT2D eigenvalue weighted by atomic mass is 19.1. The van der Waals surface area contributed by atoms with Crippen LogP contribution in [-0.2, 0) is 4.79 Å². The quantitative estimate of drug-likeness (QED) is 0.316. The molecular formula is C33H35F2N5O2. The van der Waals surface area contributed by atoms with Crippen molar-refractivity contribution in [3.8, 4) is 0 Å². The average Bonchev–Trinajstić information content (AvgIpc) is 3.42. The first-order chi connectivity index (χ1) is 20.4. The summed E-state index contributed by atoms with van der Waals surface area (Å²) < 4.78 is 27.9. The second-order valence-electron chi connectivity index (χ2n) is 10.8. The summed E-state index contributed by atoms with van der Waals surface area (Å²) in [7, 11) is 0. The molecule has 218 valence electrons. The van der Waals surface area contributed by atoms with Gasteiger partial charge in [-0.1, -0.05) is 36.4 Å². The molecule has 9 heteroatoms. The van der Waals surface area contributed by atoms with Crippen LogP contribution in [0.1, 0.15) is 41.9 Å². The van der Waals surface area contributed by atoms with E-state index < -0.39 is 5.92 Å². The molecule has 1 fully saturated rings. The number of hydrogen-bond donors (Lipinski definition) is 3. The lowest BCUT2D eigenvalue weighted by Gasteiger charge is -2.36. The molecule has 0 radical (unpaired) electrons. The Bertz CT molecular complexity index is 1450. The van der Waals surface area contributed by atoms with Gasteiger partial charge in [-0.15, -0.1) is 0 Å². The van der Waals surface area contributed by atoms with E-state index in [0.717, 1.165) is 28.9 Å².